The van der Waals surface area contributed by atoms with E-state index in [1.807, 2.05) is 11.8 Å². The van der Waals surface area contributed by atoms with Crippen LogP contribution in [0.3, 0.4) is 0 Å². The maximum absolute atomic E-state index is 15.0. The Hall–Kier alpha value is -3.60. The van der Waals surface area contributed by atoms with E-state index in [0.29, 0.717) is 41.3 Å². The molecule has 0 bridgehead atoms. The van der Waals surface area contributed by atoms with Gasteiger partial charge in [0.2, 0.25) is 11.9 Å². The zero-order valence-electron chi connectivity index (χ0n) is 19.2. The number of hydrogen-bond acceptors (Lipinski definition) is 7. The second-order valence-electron chi connectivity index (χ2n) is 8.93. The Labute approximate surface area is 198 Å². The lowest BCUT2D eigenvalue weighted by Crippen LogP contribution is -2.39. The number of halogens is 3. The molecule has 4 aromatic rings. The summed E-state index contributed by atoms with van der Waals surface area (Å²) in [6, 6.07) is 3.43. The van der Waals surface area contributed by atoms with Crippen molar-refractivity contribution >= 4 is 17.1 Å². The molecule has 1 aromatic carbocycles. The van der Waals surface area contributed by atoms with Gasteiger partial charge >= 0.3 is 0 Å². The smallest absolute Gasteiger partial charge is 0.228 e. The van der Waals surface area contributed by atoms with Crippen LogP contribution in [0.2, 0.25) is 0 Å². The van der Waals surface area contributed by atoms with Crippen molar-refractivity contribution in [1.82, 2.24) is 29.7 Å². The Balaban J connectivity index is 1.42. The maximum atomic E-state index is 15.0. The van der Waals surface area contributed by atoms with E-state index in [1.165, 1.54) is 23.0 Å². The second kappa shape index (κ2) is 8.26. The molecule has 6 rings (SSSR count). The van der Waals surface area contributed by atoms with Crippen molar-refractivity contribution in [3.63, 3.8) is 0 Å². The van der Waals surface area contributed by atoms with Crippen LogP contribution in [0.1, 0.15) is 41.9 Å². The molecule has 1 saturated carbocycles. The van der Waals surface area contributed by atoms with Gasteiger partial charge in [-0.3, -0.25) is 0 Å². The molecule has 35 heavy (non-hydrogen) atoms. The number of anilines is 1. The van der Waals surface area contributed by atoms with Gasteiger partial charge in [-0.1, -0.05) is 0 Å². The fraction of sp³-hybridized carbons (Fsp3) is 0.375. The molecule has 8 nitrogen and oxygen atoms in total. The van der Waals surface area contributed by atoms with Crippen LogP contribution in [0.25, 0.3) is 22.4 Å². The highest BCUT2D eigenvalue weighted by molar-refractivity contribution is 5.88. The quantitative estimate of drug-likeness (QED) is 0.431. The van der Waals surface area contributed by atoms with E-state index in [-0.39, 0.29) is 35.7 Å². The summed E-state index contributed by atoms with van der Waals surface area (Å²) in [4.78, 5) is 20.2. The largest absolute Gasteiger partial charge is 0.370 e. The number of aryl methyl sites for hydroxylation is 2. The average molecular weight is 481 g/mol. The van der Waals surface area contributed by atoms with Crippen molar-refractivity contribution in [2.24, 2.45) is 0 Å². The third-order valence-corrected chi connectivity index (χ3v) is 6.47. The zero-order valence-corrected chi connectivity index (χ0v) is 19.2. The van der Waals surface area contributed by atoms with Crippen LogP contribution < -0.4 is 4.90 Å². The minimum Gasteiger partial charge on any atom is -0.370 e. The van der Waals surface area contributed by atoms with Crippen LogP contribution in [0.15, 0.2) is 24.4 Å². The van der Waals surface area contributed by atoms with Gasteiger partial charge in [-0.2, -0.15) is 14.5 Å². The molecular weight excluding hydrogens is 459 g/mol. The van der Waals surface area contributed by atoms with Crippen LogP contribution in [-0.4, -0.2) is 49.4 Å². The summed E-state index contributed by atoms with van der Waals surface area (Å²) in [6.07, 6.45) is 2.79. The van der Waals surface area contributed by atoms with Gasteiger partial charge in [0.05, 0.1) is 42.3 Å². The molecule has 2 fully saturated rings. The fourth-order valence-electron chi connectivity index (χ4n) is 4.28. The molecule has 0 amide bonds. The summed E-state index contributed by atoms with van der Waals surface area (Å²) in [7, 11) is 0. The van der Waals surface area contributed by atoms with Crippen LogP contribution in [0, 0.1) is 31.4 Å². The van der Waals surface area contributed by atoms with Crippen molar-refractivity contribution in [3.8, 4) is 11.3 Å². The Morgan fingerprint density at radius 3 is 2.57 bits per heavy atom. The van der Waals surface area contributed by atoms with Gasteiger partial charge in [-0.15, -0.1) is 0 Å². The molecular formula is C24H22F3N7O. The molecule has 0 radical (unpaired) electrons. The van der Waals surface area contributed by atoms with Crippen molar-refractivity contribution in [2.45, 2.75) is 38.8 Å². The summed E-state index contributed by atoms with van der Waals surface area (Å²) in [5.74, 6) is -1.54. The van der Waals surface area contributed by atoms with E-state index < -0.39 is 17.7 Å². The molecule has 180 valence electrons. The number of morpholine rings is 1. The summed E-state index contributed by atoms with van der Waals surface area (Å²) in [5.41, 5.74) is 2.66. The standard InChI is InChI=1S/C24H22F3N7O/c1-12-13(2)30-23-21(29-12)20(16-6-3-14(25)9-18(16)26)31-24(32-23)33-7-8-35-19(11-33)17-10-28-34(22(17)27)15-4-5-15/h3,6,9-10,15,19H,4-5,7-8,11H2,1-2H3. The lowest BCUT2D eigenvalue weighted by atomic mass is 10.1. The first-order valence-electron chi connectivity index (χ1n) is 11.5. The number of rotatable bonds is 4. The first-order valence-corrected chi connectivity index (χ1v) is 11.5. The maximum Gasteiger partial charge on any atom is 0.228 e. The van der Waals surface area contributed by atoms with Gasteiger partial charge in [0.25, 0.3) is 0 Å². The highest BCUT2D eigenvalue weighted by atomic mass is 19.1. The summed E-state index contributed by atoms with van der Waals surface area (Å²) in [6.45, 7) is 4.65. The normalized spacial score (nSPS) is 18.4. The summed E-state index contributed by atoms with van der Waals surface area (Å²) in [5, 5.41) is 4.20. The number of ether oxygens (including phenoxy) is 1. The predicted molar refractivity (Wildman–Crippen MR) is 121 cm³/mol. The molecule has 2 aliphatic rings. The van der Waals surface area contributed by atoms with Gasteiger partial charge in [0.15, 0.2) is 5.65 Å². The first kappa shape index (κ1) is 21.9. The molecule has 4 heterocycles. The highest BCUT2D eigenvalue weighted by Gasteiger charge is 2.33. The Bertz CT molecular complexity index is 1450. The van der Waals surface area contributed by atoms with E-state index >= 15 is 0 Å². The number of benzene rings is 1. The highest BCUT2D eigenvalue weighted by Crippen LogP contribution is 2.37. The fourth-order valence-corrected chi connectivity index (χ4v) is 4.28. The second-order valence-corrected chi connectivity index (χ2v) is 8.93. The first-order chi connectivity index (χ1) is 16.9. The minimum atomic E-state index is -0.759. The lowest BCUT2D eigenvalue weighted by molar-refractivity contribution is 0.0366. The number of hydrogen-bond donors (Lipinski definition) is 0. The molecule has 3 aromatic heterocycles. The molecule has 11 heteroatoms. The number of fused-ring (bicyclic) bond motifs is 1. The van der Waals surface area contributed by atoms with Crippen LogP contribution >= 0.6 is 0 Å². The lowest BCUT2D eigenvalue weighted by Gasteiger charge is -2.32. The number of aromatic nitrogens is 6. The van der Waals surface area contributed by atoms with Crippen molar-refractivity contribution in [3.05, 3.63) is 58.9 Å². The third kappa shape index (κ3) is 3.89. The van der Waals surface area contributed by atoms with E-state index in [4.69, 9.17) is 4.74 Å². The van der Waals surface area contributed by atoms with Gasteiger partial charge < -0.3 is 9.64 Å². The predicted octanol–water partition coefficient (Wildman–Crippen LogP) is 4.23. The zero-order chi connectivity index (χ0) is 24.3. The average Bonchev–Trinajstić information content (AvgIpc) is 3.61. The van der Waals surface area contributed by atoms with E-state index in [1.54, 1.807) is 6.92 Å². The monoisotopic (exact) mass is 481 g/mol. The Morgan fingerprint density at radius 1 is 1.00 bits per heavy atom. The molecule has 1 unspecified atom stereocenters. The van der Waals surface area contributed by atoms with Crippen LogP contribution in [0.4, 0.5) is 19.1 Å². The molecule has 0 N–H and O–H groups in total. The molecule has 1 aliphatic carbocycles. The van der Waals surface area contributed by atoms with Gasteiger partial charge in [0, 0.05) is 18.2 Å². The van der Waals surface area contributed by atoms with Crippen LogP contribution in [-0.2, 0) is 4.74 Å². The Kier molecular flexibility index (Phi) is 5.17. The topological polar surface area (TPSA) is 81.9 Å². The molecule has 1 saturated heterocycles. The van der Waals surface area contributed by atoms with Crippen molar-refractivity contribution in [2.75, 3.05) is 24.6 Å². The van der Waals surface area contributed by atoms with Crippen molar-refractivity contribution < 1.29 is 17.9 Å². The Morgan fingerprint density at radius 2 is 1.80 bits per heavy atom. The van der Waals surface area contributed by atoms with Gasteiger partial charge in [-0.05, 0) is 38.8 Å². The van der Waals surface area contributed by atoms with Gasteiger partial charge in [0.1, 0.15) is 28.9 Å². The molecule has 0 spiro atoms. The van der Waals surface area contributed by atoms with Gasteiger partial charge in [-0.25, -0.2) is 28.4 Å². The molecule has 1 atom stereocenters. The van der Waals surface area contributed by atoms with Crippen molar-refractivity contribution in [1.29, 1.82) is 0 Å². The van der Waals surface area contributed by atoms with E-state index in [0.717, 1.165) is 18.9 Å². The summed E-state index contributed by atoms with van der Waals surface area (Å²) >= 11 is 0. The molecule has 1 aliphatic heterocycles. The number of nitrogens with zero attached hydrogens (tertiary/aromatic N) is 7. The SMILES string of the molecule is Cc1nc2nc(N3CCOC(c4cnn(C5CC5)c4F)C3)nc(-c3ccc(F)cc3F)c2nc1C. The van der Waals surface area contributed by atoms with E-state index in [2.05, 4.69) is 25.0 Å². The third-order valence-electron chi connectivity index (χ3n) is 6.47. The van der Waals surface area contributed by atoms with E-state index in [9.17, 15) is 13.2 Å². The minimum absolute atomic E-state index is 0.0965. The summed E-state index contributed by atoms with van der Waals surface area (Å²) < 4.78 is 50.6. The van der Waals surface area contributed by atoms with Crippen LogP contribution in [0.5, 0.6) is 0 Å².